The second-order valence-corrected chi connectivity index (χ2v) is 4.08. The number of carboxylic acids is 1. The maximum atomic E-state index is 10.8. The minimum atomic E-state index is -0.659. The van der Waals surface area contributed by atoms with E-state index in [0.29, 0.717) is 12.3 Å². The van der Waals surface area contributed by atoms with Crippen molar-refractivity contribution in [1.29, 1.82) is 0 Å². The largest absolute Gasteiger partial charge is 0.481 e. The van der Waals surface area contributed by atoms with Gasteiger partial charge in [-0.1, -0.05) is 20.3 Å². The number of carboxylic acid groups (broad SMARTS) is 1. The standard InChI is InChI=1S/C11H21NO2/c1-3-12(4-2)10(8-11(13)14)9-6-5-7-9/h9-10H,3-8H2,1-2H3,(H,13,14). The third-order valence-corrected chi connectivity index (χ3v) is 3.36. The molecule has 0 aromatic rings. The van der Waals surface area contributed by atoms with Gasteiger partial charge in [-0.3, -0.25) is 4.79 Å². The summed E-state index contributed by atoms with van der Waals surface area (Å²) < 4.78 is 0. The zero-order chi connectivity index (χ0) is 10.6. The monoisotopic (exact) mass is 199 g/mol. The lowest BCUT2D eigenvalue weighted by Gasteiger charge is -2.39. The van der Waals surface area contributed by atoms with Crippen molar-refractivity contribution in [3.63, 3.8) is 0 Å². The van der Waals surface area contributed by atoms with Crippen molar-refractivity contribution in [3.05, 3.63) is 0 Å². The number of rotatable bonds is 6. The molecule has 1 atom stereocenters. The highest BCUT2D eigenvalue weighted by atomic mass is 16.4. The van der Waals surface area contributed by atoms with Crippen LogP contribution in [0.4, 0.5) is 0 Å². The number of hydrogen-bond acceptors (Lipinski definition) is 2. The highest BCUT2D eigenvalue weighted by Crippen LogP contribution is 2.33. The molecular formula is C11H21NO2. The highest BCUT2D eigenvalue weighted by molar-refractivity contribution is 5.67. The van der Waals surface area contributed by atoms with Gasteiger partial charge >= 0.3 is 5.97 Å². The lowest BCUT2D eigenvalue weighted by Crippen LogP contribution is -2.44. The fourth-order valence-corrected chi connectivity index (χ4v) is 2.29. The maximum absolute atomic E-state index is 10.8. The van der Waals surface area contributed by atoms with Crippen molar-refractivity contribution < 1.29 is 9.90 Å². The van der Waals surface area contributed by atoms with E-state index in [1.54, 1.807) is 0 Å². The zero-order valence-corrected chi connectivity index (χ0v) is 9.20. The Morgan fingerprint density at radius 3 is 2.29 bits per heavy atom. The molecule has 0 heterocycles. The molecule has 1 aliphatic carbocycles. The molecule has 0 aromatic carbocycles. The second-order valence-electron chi connectivity index (χ2n) is 4.08. The van der Waals surface area contributed by atoms with Crippen molar-refractivity contribution in [1.82, 2.24) is 4.90 Å². The normalized spacial score (nSPS) is 19.4. The number of aliphatic carboxylic acids is 1. The Bertz CT molecular complexity index is 186. The van der Waals surface area contributed by atoms with E-state index in [1.165, 1.54) is 19.3 Å². The maximum Gasteiger partial charge on any atom is 0.304 e. The van der Waals surface area contributed by atoms with Crippen LogP contribution < -0.4 is 0 Å². The summed E-state index contributed by atoms with van der Waals surface area (Å²) in [4.78, 5) is 13.1. The Balaban J connectivity index is 2.53. The smallest absolute Gasteiger partial charge is 0.304 e. The van der Waals surface area contributed by atoms with Gasteiger partial charge in [0.2, 0.25) is 0 Å². The molecule has 1 unspecified atom stereocenters. The molecule has 0 amide bonds. The van der Waals surface area contributed by atoms with Crippen LogP contribution in [0.5, 0.6) is 0 Å². The second kappa shape index (κ2) is 5.35. The van der Waals surface area contributed by atoms with Crippen molar-refractivity contribution in [2.45, 2.75) is 45.6 Å². The zero-order valence-electron chi connectivity index (χ0n) is 9.20. The third-order valence-electron chi connectivity index (χ3n) is 3.36. The number of nitrogens with zero attached hydrogens (tertiary/aromatic N) is 1. The molecule has 3 heteroatoms. The van der Waals surface area contributed by atoms with Crippen LogP contribution in [0.25, 0.3) is 0 Å². The van der Waals surface area contributed by atoms with Crippen LogP contribution in [0, 0.1) is 5.92 Å². The Morgan fingerprint density at radius 2 is 2.00 bits per heavy atom. The first-order valence-corrected chi connectivity index (χ1v) is 5.64. The Kier molecular flexibility index (Phi) is 4.39. The van der Waals surface area contributed by atoms with Crippen LogP contribution in [0.15, 0.2) is 0 Å². The summed E-state index contributed by atoms with van der Waals surface area (Å²) in [5, 5.41) is 8.87. The van der Waals surface area contributed by atoms with Gasteiger partial charge in [-0.05, 0) is 31.8 Å². The first-order valence-electron chi connectivity index (χ1n) is 5.64. The summed E-state index contributed by atoms with van der Waals surface area (Å²) in [6.07, 6.45) is 4.03. The van der Waals surface area contributed by atoms with Gasteiger partial charge < -0.3 is 10.0 Å². The minimum Gasteiger partial charge on any atom is -0.481 e. The summed E-state index contributed by atoms with van der Waals surface area (Å²) in [6, 6.07) is 0.274. The van der Waals surface area contributed by atoms with E-state index in [0.717, 1.165) is 13.1 Å². The molecule has 0 radical (unpaired) electrons. The van der Waals surface area contributed by atoms with Gasteiger partial charge in [0.15, 0.2) is 0 Å². The van der Waals surface area contributed by atoms with Crippen LogP contribution in [0.1, 0.15) is 39.5 Å². The Morgan fingerprint density at radius 1 is 1.43 bits per heavy atom. The van der Waals surface area contributed by atoms with Crippen molar-refractivity contribution in [3.8, 4) is 0 Å². The summed E-state index contributed by atoms with van der Waals surface area (Å²) >= 11 is 0. The lowest BCUT2D eigenvalue weighted by atomic mass is 9.78. The molecule has 1 fully saturated rings. The fraction of sp³-hybridized carbons (Fsp3) is 0.909. The minimum absolute atomic E-state index is 0.274. The summed E-state index contributed by atoms with van der Waals surface area (Å²) in [7, 11) is 0. The van der Waals surface area contributed by atoms with Crippen LogP contribution in [0.2, 0.25) is 0 Å². The molecule has 0 bridgehead atoms. The predicted octanol–water partition coefficient (Wildman–Crippen LogP) is 1.97. The molecule has 82 valence electrons. The van der Waals surface area contributed by atoms with Crippen molar-refractivity contribution >= 4 is 5.97 Å². The van der Waals surface area contributed by atoms with Crippen molar-refractivity contribution in [2.24, 2.45) is 5.92 Å². The summed E-state index contributed by atoms with van der Waals surface area (Å²) in [5.41, 5.74) is 0. The molecule has 0 spiro atoms. The Labute approximate surface area is 86.1 Å². The molecular weight excluding hydrogens is 178 g/mol. The molecule has 1 aliphatic rings. The van der Waals surface area contributed by atoms with Crippen LogP contribution >= 0.6 is 0 Å². The molecule has 3 nitrogen and oxygen atoms in total. The predicted molar refractivity (Wildman–Crippen MR) is 56.3 cm³/mol. The topological polar surface area (TPSA) is 40.5 Å². The van der Waals surface area contributed by atoms with E-state index >= 15 is 0 Å². The van der Waals surface area contributed by atoms with Gasteiger partial charge in [-0.15, -0.1) is 0 Å². The van der Waals surface area contributed by atoms with E-state index in [9.17, 15) is 4.79 Å². The number of carbonyl (C=O) groups is 1. The van der Waals surface area contributed by atoms with E-state index < -0.39 is 5.97 Å². The first kappa shape index (κ1) is 11.5. The molecule has 0 aliphatic heterocycles. The van der Waals surface area contributed by atoms with Crippen LogP contribution in [0.3, 0.4) is 0 Å². The van der Waals surface area contributed by atoms with Gasteiger partial charge in [0, 0.05) is 6.04 Å². The highest BCUT2D eigenvalue weighted by Gasteiger charge is 2.31. The molecule has 0 saturated heterocycles. The van der Waals surface area contributed by atoms with Crippen LogP contribution in [-0.2, 0) is 4.79 Å². The van der Waals surface area contributed by atoms with E-state index in [1.807, 2.05) is 0 Å². The van der Waals surface area contributed by atoms with Gasteiger partial charge in [0.1, 0.15) is 0 Å². The van der Waals surface area contributed by atoms with Crippen LogP contribution in [-0.4, -0.2) is 35.1 Å². The van der Waals surface area contributed by atoms with Gasteiger partial charge in [-0.25, -0.2) is 0 Å². The fourth-order valence-electron chi connectivity index (χ4n) is 2.29. The SMILES string of the molecule is CCN(CC)C(CC(=O)O)C1CCC1. The molecule has 1 saturated carbocycles. The van der Waals surface area contributed by atoms with Gasteiger partial charge in [0.05, 0.1) is 6.42 Å². The molecule has 14 heavy (non-hydrogen) atoms. The number of hydrogen-bond donors (Lipinski definition) is 1. The van der Waals surface area contributed by atoms with E-state index in [-0.39, 0.29) is 6.04 Å². The van der Waals surface area contributed by atoms with Gasteiger partial charge in [-0.2, -0.15) is 0 Å². The molecule has 1 rings (SSSR count). The summed E-state index contributed by atoms with van der Waals surface area (Å²) in [6.45, 7) is 6.14. The van der Waals surface area contributed by atoms with Gasteiger partial charge in [0.25, 0.3) is 0 Å². The average molecular weight is 199 g/mol. The average Bonchev–Trinajstić information content (AvgIpc) is 2.02. The quantitative estimate of drug-likeness (QED) is 0.711. The van der Waals surface area contributed by atoms with E-state index in [2.05, 4.69) is 18.7 Å². The first-order chi connectivity index (χ1) is 6.69. The lowest BCUT2D eigenvalue weighted by molar-refractivity contribution is -0.139. The van der Waals surface area contributed by atoms with Crippen molar-refractivity contribution in [2.75, 3.05) is 13.1 Å². The molecule has 0 aromatic heterocycles. The van der Waals surface area contributed by atoms with E-state index in [4.69, 9.17) is 5.11 Å². The third kappa shape index (κ3) is 2.71. The molecule has 1 N–H and O–H groups in total. The Hall–Kier alpha value is -0.570. The summed E-state index contributed by atoms with van der Waals surface area (Å²) in [5.74, 6) is -0.0280.